The highest BCUT2D eigenvalue weighted by atomic mass is 15.3. The van der Waals surface area contributed by atoms with Crippen LogP contribution in [-0.2, 0) is 0 Å². The molecule has 0 amide bonds. The van der Waals surface area contributed by atoms with Gasteiger partial charge in [0.1, 0.15) is 0 Å². The Morgan fingerprint density at radius 2 is 1.62 bits per heavy atom. The summed E-state index contributed by atoms with van der Waals surface area (Å²) < 4.78 is 0. The lowest BCUT2D eigenvalue weighted by molar-refractivity contribution is 0.105. The minimum absolute atomic E-state index is 0.311. The molecule has 3 nitrogen and oxygen atoms in total. The molecule has 1 saturated heterocycles. The molecule has 78 valence electrons. The van der Waals surface area contributed by atoms with Crippen LogP contribution < -0.4 is 5.73 Å². The van der Waals surface area contributed by atoms with Gasteiger partial charge in [0.15, 0.2) is 0 Å². The van der Waals surface area contributed by atoms with Gasteiger partial charge in [-0.25, -0.2) is 0 Å². The second-order valence-corrected chi connectivity index (χ2v) is 4.41. The highest BCUT2D eigenvalue weighted by Gasteiger charge is 2.18. The molecule has 0 aliphatic carbocycles. The molecule has 0 spiro atoms. The van der Waals surface area contributed by atoms with E-state index in [0.29, 0.717) is 12.1 Å². The predicted octanol–water partition coefficient (Wildman–Crippen LogP) is 0.360. The normalized spacial score (nSPS) is 23.8. The molecule has 1 heterocycles. The van der Waals surface area contributed by atoms with Gasteiger partial charge in [0.05, 0.1) is 0 Å². The lowest BCUT2D eigenvalue weighted by atomic mass is 10.2. The van der Waals surface area contributed by atoms with Crippen molar-refractivity contribution in [2.45, 2.75) is 32.9 Å². The summed E-state index contributed by atoms with van der Waals surface area (Å²) in [5, 5.41) is 0. The van der Waals surface area contributed by atoms with Gasteiger partial charge < -0.3 is 5.73 Å². The topological polar surface area (TPSA) is 32.5 Å². The quantitative estimate of drug-likeness (QED) is 0.689. The van der Waals surface area contributed by atoms with Crippen molar-refractivity contribution in [2.75, 3.05) is 32.7 Å². The molecule has 2 N–H and O–H groups in total. The van der Waals surface area contributed by atoms with Gasteiger partial charge >= 0.3 is 0 Å². The van der Waals surface area contributed by atoms with Crippen molar-refractivity contribution < 1.29 is 0 Å². The van der Waals surface area contributed by atoms with Gasteiger partial charge in [-0.15, -0.1) is 0 Å². The van der Waals surface area contributed by atoms with Gasteiger partial charge in [0.2, 0.25) is 0 Å². The van der Waals surface area contributed by atoms with Crippen molar-refractivity contribution in [3.05, 3.63) is 0 Å². The van der Waals surface area contributed by atoms with Crippen LogP contribution in [0.4, 0.5) is 0 Å². The molecule has 1 rings (SSSR count). The maximum atomic E-state index is 5.76. The predicted molar refractivity (Wildman–Crippen MR) is 56.8 cm³/mol. The van der Waals surface area contributed by atoms with Crippen molar-refractivity contribution in [1.29, 1.82) is 0 Å². The van der Waals surface area contributed by atoms with E-state index < -0.39 is 0 Å². The molecule has 1 fully saturated rings. The first-order valence-corrected chi connectivity index (χ1v) is 5.31. The summed E-state index contributed by atoms with van der Waals surface area (Å²) in [6.07, 6.45) is 0. The van der Waals surface area contributed by atoms with Gasteiger partial charge in [0, 0.05) is 44.8 Å². The Kier molecular flexibility index (Phi) is 4.16. The van der Waals surface area contributed by atoms with Crippen LogP contribution in [0.25, 0.3) is 0 Å². The van der Waals surface area contributed by atoms with Crippen LogP contribution in [-0.4, -0.2) is 54.6 Å². The van der Waals surface area contributed by atoms with E-state index in [9.17, 15) is 0 Å². The lowest BCUT2D eigenvalue weighted by Crippen LogP contribution is -2.51. The van der Waals surface area contributed by atoms with E-state index in [4.69, 9.17) is 5.73 Å². The first-order valence-electron chi connectivity index (χ1n) is 5.31. The Morgan fingerprint density at radius 1 is 1.08 bits per heavy atom. The number of nitrogens with two attached hydrogens (primary N) is 1. The molecular formula is C10H23N3. The van der Waals surface area contributed by atoms with Crippen LogP contribution in [0.3, 0.4) is 0 Å². The van der Waals surface area contributed by atoms with Crippen LogP contribution in [0.2, 0.25) is 0 Å². The van der Waals surface area contributed by atoms with Crippen molar-refractivity contribution in [3.63, 3.8) is 0 Å². The third kappa shape index (κ3) is 3.63. The summed E-state index contributed by atoms with van der Waals surface area (Å²) in [7, 11) is 0. The Labute approximate surface area is 81.9 Å². The molecule has 0 aromatic rings. The molecule has 1 aliphatic heterocycles. The van der Waals surface area contributed by atoms with Crippen LogP contribution in [0, 0.1) is 0 Å². The molecule has 1 aliphatic rings. The summed E-state index contributed by atoms with van der Waals surface area (Å²) >= 11 is 0. The van der Waals surface area contributed by atoms with Crippen LogP contribution >= 0.6 is 0 Å². The molecule has 1 atom stereocenters. The van der Waals surface area contributed by atoms with Crippen molar-refractivity contribution >= 4 is 0 Å². The van der Waals surface area contributed by atoms with Crippen molar-refractivity contribution in [2.24, 2.45) is 5.73 Å². The first kappa shape index (κ1) is 11.0. The van der Waals surface area contributed by atoms with Gasteiger partial charge in [0.25, 0.3) is 0 Å². The van der Waals surface area contributed by atoms with E-state index in [1.165, 1.54) is 26.2 Å². The van der Waals surface area contributed by atoms with Crippen LogP contribution in [0.5, 0.6) is 0 Å². The summed E-state index contributed by atoms with van der Waals surface area (Å²) in [5.41, 5.74) is 5.76. The number of nitrogens with zero attached hydrogens (tertiary/aromatic N) is 2. The van der Waals surface area contributed by atoms with Crippen molar-refractivity contribution in [3.8, 4) is 0 Å². The van der Waals surface area contributed by atoms with Gasteiger partial charge in [-0.05, 0) is 20.8 Å². The second-order valence-electron chi connectivity index (χ2n) is 4.41. The molecule has 0 aromatic heterocycles. The van der Waals surface area contributed by atoms with Gasteiger partial charge in [-0.1, -0.05) is 0 Å². The fourth-order valence-corrected chi connectivity index (χ4v) is 1.87. The average Bonchev–Trinajstić information content (AvgIpc) is 2.04. The number of piperazine rings is 1. The van der Waals surface area contributed by atoms with Gasteiger partial charge in [-0.2, -0.15) is 0 Å². The minimum atomic E-state index is 0.311. The fraction of sp³-hybridized carbons (Fsp3) is 1.00. The molecule has 3 heteroatoms. The maximum Gasteiger partial charge on any atom is 0.0139 e. The molecule has 0 aromatic carbocycles. The summed E-state index contributed by atoms with van der Waals surface area (Å²) in [6, 6.07) is 1.00. The van der Waals surface area contributed by atoms with E-state index in [1.807, 2.05) is 0 Å². The Balaban J connectivity index is 2.22. The SMILES string of the molecule is CC(C)N1CCN(C[C@H](C)N)CC1. The van der Waals surface area contributed by atoms with Crippen LogP contribution in [0.15, 0.2) is 0 Å². The molecule has 0 bridgehead atoms. The molecular weight excluding hydrogens is 162 g/mol. The Hall–Kier alpha value is -0.120. The van der Waals surface area contributed by atoms with E-state index in [0.717, 1.165) is 6.54 Å². The molecule has 0 saturated carbocycles. The zero-order chi connectivity index (χ0) is 9.84. The third-order valence-corrected chi connectivity index (χ3v) is 2.68. The highest BCUT2D eigenvalue weighted by Crippen LogP contribution is 2.05. The van der Waals surface area contributed by atoms with E-state index in [1.54, 1.807) is 0 Å². The summed E-state index contributed by atoms with van der Waals surface area (Å²) in [5.74, 6) is 0. The Morgan fingerprint density at radius 3 is 2.00 bits per heavy atom. The summed E-state index contributed by atoms with van der Waals surface area (Å²) in [4.78, 5) is 4.99. The average molecular weight is 185 g/mol. The van der Waals surface area contributed by atoms with Crippen molar-refractivity contribution in [1.82, 2.24) is 9.80 Å². The fourth-order valence-electron chi connectivity index (χ4n) is 1.87. The summed E-state index contributed by atoms with van der Waals surface area (Å²) in [6.45, 7) is 12.4. The lowest BCUT2D eigenvalue weighted by Gasteiger charge is -2.37. The third-order valence-electron chi connectivity index (χ3n) is 2.68. The van der Waals surface area contributed by atoms with E-state index >= 15 is 0 Å². The zero-order valence-electron chi connectivity index (χ0n) is 9.16. The molecule has 0 unspecified atom stereocenters. The van der Waals surface area contributed by atoms with E-state index in [2.05, 4.69) is 30.6 Å². The maximum absolute atomic E-state index is 5.76. The van der Waals surface area contributed by atoms with Gasteiger partial charge in [-0.3, -0.25) is 9.80 Å². The smallest absolute Gasteiger partial charge is 0.0139 e. The molecule has 0 radical (unpaired) electrons. The molecule has 13 heavy (non-hydrogen) atoms. The zero-order valence-corrected chi connectivity index (χ0v) is 9.16. The minimum Gasteiger partial charge on any atom is -0.327 e. The Bertz CT molecular complexity index is 137. The number of rotatable bonds is 3. The first-order chi connectivity index (χ1) is 6.09. The van der Waals surface area contributed by atoms with E-state index in [-0.39, 0.29) is 0 Å². The largest absolute Gasteiger partial charge is 0.327 e. The van der Waals surface area contributed by atoms with Crippen LogP contribution in [0.1, 0.15) is 20.8 Å². The standard InChI is InChI=1S/C10H23N3/c1-9(2)13-6-4-12(5-7-13)8-10(3)11/h9-10H,4-8,11H2,1-3H3/t10-/m0/s1. The number of hydrogen-bond acceptors (Lipinski definition) is 3. The highest BCUT2D eigenvalue weighted by molar-refractivity contribution is 4.75. The monoisotopic (exact) mass is 185 g/mol. The second kappa shape index (κ2) is 4.94. The number of hydrogen-bond donors (Lipinski definition) is 1.